The Morgan fingerprint density at radius 1 is 1.14 bits per heavy atom. The highest BCUT2D eigenvalue weighted by Crippen LogP contribution is 2.25. The molecule has 1 fully saturated rings. The first-order valence-corrected chi connectivity index (χ1v) is 10.0. The fourth-order valence-corrected chi connectivity index (χ4v) is 3.67. The first-order valence-electron chi connectivity index (χ1n) is 9.63. The summed E-state index contributed by atoms with van der Waals surface area (Å²) in [7, 11) is 0. The average molecular weight is 411 g/mol. The van der Waals surface area contributed by atoms with E-state index in [0.29, 0.717) is 37.9 Å². The Labute approximate surface area is 175 Å². The molecular formula is C22H23ClN4O2. The normalized spacial score (nSPS) is 15.8. The Kier molecular flexibility index (Phi) is 6.24. The zero-order chi connectivity index (χ0) is 20.1. The number of halogens is 1. The van der Waals surface area contributed by atoms with Crippen LogP contribution in [-0.2, 0) is 16.1 Å². The van der Waals surface area contributed by atoms with E-state index in [0.717, 1.165) is 16.8 Å². The predicted octanol–water partition coefficient (Wildman–Crippen LogP) is 3.60. The molecule has 0 saturated carbocycles. The molecule has 2 heterocycles. The molecule has 0 unspecified atom stereocenters. The van der Waals surface area contributed by atoms with E-state index in [-0.39, 0.29) is 5.91 Å². The number of benzene rings is 2. The van der Waals surface area contributed by atoms with Gasteiger partial charge in [-0.15, -0.1) is 0 Å². The van der Waals surface area contributed by atoms with Crippen LogP contribution in [0.5, 0.6) is 0 Å². The minimum Gasteiger partial charge on any atom is -0.379 e. The van der Waals surface area contributed by atoms with Crippen molar-refractivity contribution < 1.29 is 9.53 Å². The van der Waals surface area contributed by atoms with Crippen LogP contribution in [0.1, 0.15) is 17.2 Å². The van der Waals surface area contributed by atoms with Crippen LogP contribution < -0.4 is 5.32 Å². The molecule has 29 heavy (non-hydrogen) atoms. The van der Waals surface area contributed by atoms with Gasteiger partial charge in [-0.2, -0.15) is 5.10 Å². The largest absolute Gasteiger partial charge is 0.379 e. The van der Waals surface area contributed by atoms with Gasteiger partial charge in [0.15, 0.2) is 0 Å². The van der Waals surface area contributed by atoms with Gasteiger partial charge in [0.1, 0.15) is 6.04 Å². The average Bonchev–Trinajstić information content (AvgIpc) is 3.24. The number of amides is 1. The molecule has 1 atom stereocenters. The lowest BCUT2D eigenvalue weighted by Gasteiger charge is -2.33. The molecule has 1 saturated heterocycles. The van der Waals surface area contributed by atoms with Crippen LogP contribution in [0.4, 0.5) is 5.69 Å². The number of nitrogens with zero attached hydrogens (tertiary/aromatic N) is 3. The Hall–Kier alpha value is -2.67. The van der Waals surface area contributed by atoms with Crippen LogP contribution in [0, 0.1) is 0 Å². The molecule has 0 bridgehead atoms. The van der Waals surface area contributed by atoms with E-state index in [2.05, 4.69) is 15.3 Å². The Bertz CT molecular complexity index is 938. The summed E-state index contributed by atoms with van der Waals surface area (Å²) in [6.45, 7) is 3.31. The van der Waals surface area contributed by atoms with Gasteiger partial charge in [-0.05, 0) is 41.5 Å². The summed E-state index contributed by atoms with van der Waals surface area (Å²) >= 11 is 6.05. The molecule has 1 amide bonds. The zero-order valence-corrected chi connectivity index (χ0v) is 16.8. The summed E-state index contributed by atoms with van der Waals surface area (Å²) < 4.78 is 7.32. The SMILES string of the molecule is O=C(Nc1cccc(Cn2cccn2)c1)[C@@H](c1ccc(Cl)cc1)N1CCOCC1. The van der Waals surface area contributed by atoms with Gasteiger partial charge < -0.3 is 10.1 Å². The molecule has 2 aromatic carbocycles. The van der Waals surface area contributed by atoms with Crippen LogP contribution >= 0.6 is 11.6 Å². The molecule has 150 valence electrons. The Morgan fingerprint density at radius 3 is 2.66 bits per heavy atom. The Morgan fingerprint density at radius 2 is 1.93 bits per heavy atom. The van der Waals surface area contributed by atoms with Crippen LogP contribution in [-0.4, -0.2) is 46.9 Å². The van der Waals surface area contributed by atoms with Crippen molar-refractivity contribution in [3.05, 3.63) is 83.1 Å². The van der Waals surface area contributed by atoms with Crippen LogP contribution in [0.3, 0.4) is 0 Å². The number of hydrogen-bond acceptors (Lipinski definition) is 4. The lowest BCUT2D eigenvalue weighted by molar-refractivity contribution is -0.123. The van der Waals surface area contributed by atoms with E-state index in [9.17, 15) is 4.79 Å². The molecule has 0 aliphatic carbocycles. The second-order valence-electron chi connectivity index (χ2n) is 7.00. The summed E-state index contributed by atoms with van der Waals surface area (Å²) in [6, 6.07) is 16.8. The number of rotatable bonds is 6. The van der Waals surface area contributed by atoms with Crippen molar-refractivity contribution in [2.75, 3.05) is 31.6 Å². The van der Waals surface area contributed by atoms with Crippen molar-refractivity contribution in [2.45, 2.75) is 12.6 Å². The number of nitrogens with one attached hydrogen (secondary N) is 1. The maximum Gasteiger partial charge on any atom is 0.246 e. The van der Waals surface area contributed by atoms with Crippen LogP contribution in [0.2, 0.25) is 5.02 Å². The van der Waals surface area contributed by atoms with E-state index in [1.54, 1.807) is 6.20 Å². The maximum absolute atomic E-state index is 13.3. The zero-order valence-electron chi connectivity index (χ0n) is 16.0. The van der Waals surface area contributed by atoms with Gasteiger partial charge in [0.25, 0.3) is 0 Å². The molecule has 1 aliphatic rings. The number of carbonyl (C=O) groups excluding carboxylic acids is 1. The fraction of sp³-hybridized carbons (Fsp3) is 0.273. The van der Waals surface area contributed by atoms with Crippen molar-refractivity contribution in [1.29, 1.82) is 0 Å². The number of morpholine rings is 1. The van der Waals surface area contributed by atoms with E-state index < -0.39 is 6.04 Å². The third-order valence-electron chi connectivity index (χ3n) is 4.94. The van der Waals surface area contributed by atoms with Crippen molar-refractivity contribution in [3.63, 3.8) is 0 Å². The van der Waals surface area contributed by atoms with Crippen molar-refractivity contribution in [2.24, 2.45) is 0 Å². The van der Waals surface area contributed by atoms with Gasteiger partial charge >= 0.3 is 0 Å². The Balaban J connectivity index is 1.53. The van der Waals surface area contributed by atoms with E-state index >= 15 is 0 Å². The number of aromatic nitrogens is 2. The van der Waals surface area contributed by atoms with Gasteiger partial charge in [0.05, 0.1) is 19.8 Å². The van der Waals surface area contributed by atoms with Crippen LogP contribution in [0.15, 0.2) is 67.0 Å². The van der Waals surface area contributed by atoms with Crippen LogP contribution in [0.25, 0.3) is 0 Å². The standard InChI is InChI=1S/C22H23ClN4O2/c23-19-7-5-18(6-8-19)21(26-11-13-29-14-12-26)22(28)25-20-4-1-3-17(15-20)16-27-10-2-9-24-27/h1-10,15,21H,11-14,16H2,(H,25,28)/t21-/m1/s1. The van der Waals surface area contributed by atoms with Gasteiger partial charge in [-0.3, -0.25) is 14.4 Å². The molecule has 3 aromatic rings. The molecular weight excluding hydrogens is 388 g/mol. The van der Waals surface area contributed by atoms with E-state index in [4.69, 9.17) is 16.3 Å². The summed E-state index contributed by atoms with van der Waals surface area (Å²) in [5.41, 5.74) is 2.76. The lowest BCUT2D eigenvalue weighted by Crippen LogP contribution is -2.43. The minimum atomic E-state index is -0.397. The highest BCUT2D eigenvalue weighted by atomic mass is 35.5. The monoisotopic (exact) mass is 410 g/mol. The second-order valence-corrected chi connectivity index (χ2v) is 7.43. The minimum absolute atomic E-state index is 0.0644. The first kappa shape index (κ1) is 19.6. The number of anilines is 1. The highest BCUT2D eigenvalue weighted by Gasteiger charge is 2.29. The van der Waals surface area contributed by atoms with Gasteiger partial charge in [0, 0.05) is 36.2 Å². The van der Waals surface area contributed by atoms with Gasteiger partial charge in [0.2, 0.25) is 5.91 Å². The number of ether oxygens (including phenoxy) is 1. The maximum atomic E-state index is 13.3. The molecule has 0 spiro atoms. The quantitative estimate of drug-likeness (QED) is 0.674. The lowest BCUT2D eigenvalue weighted by atomic mass is 10.0. The summed E-state index contributed by atoms with van der Waals surface area (Å²) in [4.78, 5) is 15.4. The van der Waals surface area contributed by atoms with Gasteiger partial charge in [-0.25, -0.2) is 0 Å². The van der Waals surface area contributed by atoms with E-state index in [1.165, 1.54) is 0 Å². The topological polar surface area (TPSA) is 59.4 Å². The van der Waals surface area contributed by atoms with E-state index in [1.807, 2.05) is 65.5 Å². The van der Waals surface area contributed by atoms with Crippen molar-refractivity contribution >= 4 is 23.2 Å². The molecule has 7 heteroatoms. The van der Waals surface area contributed by atoms with Crippen molar-refractivity contribution in [1.82, 2.24) is 14.7 Å². The second kappa shape index (κ2) is 9.22. The molecule has 1 N–H and O–H groups in total. The number of hydrogen-bond donors (Lipinski definition) is 1. The first-order chi connectivity index (χ1) is 14.2. The third kappa shape index (κ3) is 5.03. The molecule has 6 nitrogen and oxygen atoms in total. The summed E-state index contributed by atoms with van der Waals surface area (Å²) in [5.74, 6) is -0.0644. The van der Waals surface area contributed by atoms with Gasteiger partial charge in [-0.1, -0.05) is 35.9 Å². The molecule has 0 radical (unpaired) electrons. The third-order valence-corrected chi connectivity index (χ3v) is 5.20. The predicted molar refractivity (Wildman–Crippen MR) is 113 cm³/mol. The molecule has 1 aromatic heterocycles. The molecule has 4 rings (SSSR count). The smallest absolute Gasteiger partial charge is 0.246 e. The van der Waals surface area contributed by atoms with Crippen molar-refractivity contribution in [3.8, 4) is 0 Å². The highest BCUT2D eigenvalue weighted by molar-refractivity contribution is 6.30. The summed E-state index contributed by atoms with van der Waals surface area (Å²) in [5, 5.41) is 7.98. The fourth-order valence-electron chi connectivity index (χ4n) is 3.55. The summed E-state index contributed by atoms with van der Waals surface area (Å²) in [6.07, 6.45) is 3.67. The number of carbonyl (C=O) groups is 1. The molecule has 1 aliphatic heterocycles.